The second-order valence-electron chi connectivity index (χ2n) is 0.681. The molecule has 0 aliphatic heterocycles. The Labute approximate surface area is 61.5 Å². The summed E-state index contributed by atoms with van der Waals surface area (Å²) in [6, 6.07) is 0. The number of carbonyl (C=O) groups excluding carboxylic acids is 1. The Bertz CT molecular complexity index is 46.8. The van der Waals surface area contributed by atoms with Crippen molar-refractivity contribution in [2.75, 3.05) is 0 Å². The molecule has 2 N–H and O–H groups in total. The first-order chi connectivity index (χ1) is 2.27. The van der Waals surface area contributed by atoms with E-state index < -0.39 is 0 Å². The van der Waals surface area contributed by atoms with Crippen molar-refractivity contribution in [3.63, 3.8) is 0 Å². The molecule has 0 spiro atoms. The SMILES string of the molecule is CC(=O)N[NH-].[Y]. The van der Waals surface area contributed by atoms with Crippen molar-refractivity contribution >= 4 is 5.91 Å². The Morgan fingerprint density at radius 2 is 2.00 bits per heavy atom. The van der Waals surface area contributed by atoms with Crippen LogP contribution in [0.15, 0.2) is 0 Å². The van der Waals surface area contributed by atoms with Crippen LogP contribution in [0.2, 0.25) is 0 Å². The average molecular weight is 162 g/mol. The monoisotopic (exact) mass is 162 g/mol. The van der Waals surface area contributed by atoms with Crippen molar-refractivity contribution in [3.8, 4) is 0 Å². The molecule has 0 rings (SSSR count). The van der Waals surface area contributed by atoms with Crippen LogP contribution in [0.25, 0.3) is 5.84 Å². The van der Waals surface area contributed by atoms with Crippen LogP contribution in [0.5, 0.6) is 0 Å². The van der Waals surface area contributed by atoms with E-state index in [2.05, 4.69) is 0 Å². The third kappa shape index (κ3) is 8.82. The van der Waals surface area contributed by atoms with E-state index in [4.69, 9.17) is 5.84 Å². The molecule has 6 heavy (non-hydrogen) atoms. The van der Waals surface area contributed by atoms with Crippen LogP contribution >= 0.6 is 0 Å². The van der Waals surface area contributed by atoms with Crippen LogP contribution in [0, 0.1) is 0 Å². The molecule has 0 aromatic carbocycles. The largest absolute Gasteiger partial charge is 0.584 e. The predicted molar refractivity (Wildman–Crippen MR) is 18.1 cm³/mol. The zero-order valence-electron chi connectivity index (χ0n) is 3.49. The predicted octanol–water partition coefficient (Wildman–Crippen LogP) is 0.0872. The van der Waals surface area contributed by atoms with Crippen molar-refractivity contribution in [2.45, 2.75) is 6.92 Å². The summed E-state index contributed by atoms with van der Waals surface area (Å²) in [5.41, 5.74) is 1.64. The van der Waals surface area contributed by atoms with Gasteiger partial charge in [0.15, 0.2) is 5.91 Å². The molecule has 3 nitrogen and oxygen atoms in total. The van der Waals surface area contributed by atoms with Crippen molar-refractivity contribution < 1.29 is 37.5 Å². The van der Waals surface area contributed by atoms with E-state index in [0.717, 1.165) is 0 Å². The molecule has 0 aromatic rings. The smallest absolute Gasteiger partial charge is 0.199 e. The van der Waals surface area contributed by atoms with Crippen LogP contribution in [0.1, 0.15) is 6.92 Å². The van der Waals surface area contributed by atoms with Gasteiger partial charge in [-0.15, -0.1) is 0 Å². The van der Waals surface area contributed by atoms with Crippen LogP contribution in [0.3, 0.4) is 0 Å². The zero-order valence-corrected chi connectivity index (χ0v) is 6.32. The maximum absolute atomic E-state index is 9.51. The number of carbonyl (C=O) groups is 1. The molecule has 0 atom stereocenters. The van der Waals surface area contributed by atoms with Gasteiger partial charge in [0.05, 0.1) is 0 Å². The topological polar surface area (TPSA) is 52.9 Å². The minimum Gasteiger partial charge on any atom is -0.584 e. The Kier molecular flexibility index (Phi) is 8.98. The summed E-state index contributed by atoms with van der Waals surface area (Å²) in [4.78, 5) is 9.51. The van der Waals surface area contributed by atoms with Gasteiger partial charge in [-0.2, -0.15) is 0 Å². The zero-order chi connectivity index (χ0) is 4.28. The molecule has 0 unspecified atom stereocenters. The number of hydrogen-bond donors (Lipinski definition) is 1. The van der Waals surface area contributed by atoms with E-state index in [1.165, 1.54) is 6.92 Å². The average Bonchev–Trinajstić information content (AvgIpc) is 1.38. The Morgan fingerprint density at radius 1 is 1.83 bits per heavy atom. The van der Waals surface area contributed by atoms with Crippen molar-refractivity contribution in [2.24, 2.45) is 0 Å². The standard InChI is InChI=1S/C2H5N2O.Y/c1-2(5)4-3;/h3H,1H3,(H,4,5);/q-1;. The van der Waals surface area contributed by atoms with E-state index in [1.807, 2.05) is 0 Å². The molecule has 1 amide bonds. The summed E-state index contributed by atoms with van der Waals surface area (Å²) >= 11 is 0. The van der Waals surface area contributed by atoms with Crippen molar-refractivity contribution in [1.29, 1.82) is 0 Å². The number of nitrogens with one attached hydrogen (secondary N) is 2. The van der Waals surface area contributed by atoms with E-state index in [9.17, 15) is 4.79 Å². The number of hydrogen-bond acceptors (Lipinski definition) is 1. The Morgan fingerprint density at radius 3 is 2.00 bits per heavy atom. The summed E-state index contributed by atoms with van der Waals surface area (Å²) < 4.78 is 0. The third-order valence-corrected chi connectivity index (χ3v) is 0.176. The molecule has 4 heteroatoms. The van der Waals surface area contributed by atoms with Crippen LogP contribution in [-0.2, 0) is 37.5 Å². The summed E-state index contributed by atoms with van der Waals surface area (Å²) in [6.07, 6.45) is 0. The van der Waals surface area contributed by atoms with E-state index in [0.29, 0.717) is 0 Å². The van der Waals surface area contributed by atoms with Gasteiger partial charge >= 0.3 is 0 Å². The Hall–Kier alpha value is 0.534. The number of rotatable bonds is 0. The van der Waals surface area contributed by atoms with E-state index in [-0.39, 0.29) is 38.6 Å². The first kappa shape index (κ1) is 9.73. The van der Waals surface area contributed by atoms with Crippen molar-refractivity contribution in [3.05, 3.63) is 5.84 Å². The van der Waals surface area contributed by atoms with E-state index in [1.54, 1.807) is 5.43 Å². The van der Waals surface area contributed by atoms with Crippen LogP contribution < -0.4 is 5.43 Å². The quantitative estimate of drug-likeness (QED) is 0.504. The molecule has 0 heterocycles. The molecule has 0 aliphatic rings. The van der Waals surface area contributed by atoms with Gasteiger partial charge in [0, 0.05) is 39.6 Å². The molecule has 0 saturated carbocycles. The number of amides is 1. The van der Waals surface area contributed by atoms with Gasteiger partial charge < -0.3 is 11.3 Å². The molecular formula is C2H5N2OY-. The normalized spacial score (nSPS) is 5.67. The summed E-state index contributed by atoms with van der Waals surface area (Å²) in [6.45, 7) is 1.28. The molecular weight excluding hydrogens is 157 g/mol. The van der Waals surface area contributed by atoms with Crippen LogP contribution in [0.4, 0.5) is 0 Å². The fourth-order valence-electron chi connectivity index (χ4n) is 0. The molecule has 0 aliphatic carbocycles. The second kappa shape index (κ2) is 5.53. The fraction of sp³-hybridized carbons (Fsp3) is 0.500. The van der Waals surface area contributed by atoms with Gasteiger partial charge in [0.25, 0.3) is 0 Å². The van der Waals surface area contributed by atoms with Gasteiger partial charge in [0.1, 0.15) is 0 Å². The van der Waals surface area contributed by atoms with Gasteiger partial charge in [-0.3, -0.25) is 4.79 Å². The molecule has 33 valence electrons. The van der Waals surface area contributed by atoms with E-state index >= 15 is 0 Å². The molecule has 0 bridgehead atoms. The van der Waals surface area contributed by atoms with Gasteiger partial charge in [-0.25, -0.2) is 0 Å². The van der Waals surface area contributed by atoms with Crippen LogP contribution in [-0.4, -0.2) is 5.91 Å². The van der Waals surface area contributed by atoms with Gasteiger partial charge in [-0.1, -0.05) is 0 Å². The summed E-state index contributed by atoms with van der Waals surface area (Å²) in [5.74, 6) is 5.73. The van der Waals surface area contributed by atoms with Gasteiger partial charge in [-0.05, 0) is 0 Å². The maximum Gasteiger partial charge on any atom is 0.199 e. The summed E-state index contributed by atoms with van der Waals surface area (Å²) in [5, 5.41) is 0. The van der Waals surface area contributed by atoms with Crippen molar-refractivity contribution in [1.82, 2.24) is 5.43 Å². The maximum atomic E-state index is 9.51. The summed E-state index contributed by atoms with van der Waals surface area (Å²) in [7, 11) is 0. The minimum absolute atomic E-state index is 0. The Balaban J connectivity index is 0. The minimum atomic E-state index is -0.329. The third-order valence-electron chi connectivity index (χ3n) is 0.176. The molecule has 0 aromatic heterocycles. The second-order valence-corrected chi connectivity index (χ2v) is 0.681. The fourth-order valence-corrected chi connectivity index (χ4v) is 0. The molecule has 0 saturated heterocycles. The molecule has 1 radical (unpaired) electrons. The molecule has 0 fully saturated rings. The van der Waals surface area contributed by atoms with Gasteiger partial charge in [0.2, 0.25) is 0 Å². The first-order valence-corrected chi connectivity index (χ1v) is 1.20. The first-order valence-electron chi connectivity index (χ1n) is 1.20.